The maximum absolute atomic E-state index is 11.7. The number of carboxylic acids is 1. The molecule has 2 amide bonds. The van der Waals surface area contributed by atoms with Crippen molar-refractivity contribution in [2.75, 3.05) is 0 Å². The lowest BCUT2D eigenvalue weighted by molar-refractivity contribution is -0.143. The Morgan fingerprint density at radius 2 is 2.21 bits per heavy atom. The Balaban J connectivity index is 2.57. The van der Waals surface area contributed by atoms with E-state index in [1.165, 1.54) is 13.1 Å². The second-order valence-electron chi connectivity index (χ2n) is 4.27. The molecule has 0 aliphatic carbocycles. The van der Waals surface area contributed by atoms with Crippen LogP contribution in [0.1, 0.15) is 25.8 Å². The number of carbonyl (C=O) groups is 2. The molecule has 0 saturated carbocycles. The molecule has 3 N–H and O–H groups in total. The molecular weight excluding hydrogens is 270 g/mol. The van der Waals surface area contributed by atoms with Gasteiger partial charge in [0.2, 0.25) is 0 Å². The van der Waals surface area contributed by atoms with Crippen LogP contribution in [0.15, 0.2) is 18.5 Å². The molecule has 0 fully saturated rings. The second-order valence-corrected chi connectivity index (χ2v) is 4.67. The third-order valence-electron chi connectivity index (χ3n) is 2.86. The van der Waals surface area contributed by atoms with Crippen molar-refractivity contribution in [1.29, 1.82) is 0 Å². The fourth-order valence-corrected chi connectivity index (χ4v) is 1.50. The number of aliphatic carboxylic acids is 1. The maximum Gasteiger partial charge on any atom is 0.329 e. The summed E-state index contributed by atoms with van der Waals surface area (Å²) in [4.78, 5) is 26.5. The largest absolute Gasteiger partial charge is 0.480 e. The number of rotatable bonds is 5. The molecule has 0 spiro atoms. The summed E-state index contributed by atoms with van der Waals surface area (Å²) < 4.78 is 0. The van der Waals surface area contributed by atoms with Gasteiger partial charge in [0.05, 0.1) is 5.02 Å². The van der Waals surface area contributed by atoms with E-state index in [0.29, 0.717) is 10.6 Å². The molecular formula is C12H16ClN3O3. The van der Waals surface area contributed by atoms with Gasteiger partial charge in [0, 0.05) is 18.9 Å². The van der Waals surface area contributed by atoms with Gasteiger partial charge in [0.25, 0.3) is 0 Å². The second kappa shape index (κ2) is 6.38. The third kappa shape index (κ3) is 4.10. The Morgan fingerprint density at radius 1 is 1.53 bits per heavy atom. The molecule has 6 nitrogen and oxygen atoms in total. The summed E-state index contributed by atoms with van der Waals surface area (Å²) in [5.74, 6) is -1.08. The third-order valence-corrected chi connectivity index (χ3v) is 3.20. The van der Waals surface area contributed by atoms with E-state index in [0.717, 1.165) is 0 Å². The molecule has 0 radical (unpaired) electrons. The minimum Gasteiger partial charge on any atom is -0.480 e. The molecule has 104 valence electrons. The van der Waals surface area contributed by atoms with Crippen LogP contribution in [-0.4, -0.2) is 27.6 Å². The van der Waals surface area contributed by atoms with Gasteiger partial charge in [0.1, 0.15) is 5.54 Å². The minimum absolute atomic E-state index is 0.201. The van der Waals surface area contributed by atoms with Crippen LogP contribution in [0.2, 0.25) is 5.02 Å². The molecule has 0 aliphatic rings. The minimum atomic E-state index is -1.29. The van der Waals surface area contributed by atoms with Crippen molar-refractivity contribution in [3.63, 3.8) is 0 Å². The highest BCUT2D eigenvalue weighted by Crippen LogP contribution is 2.13. The van der Waals surface area contributed by atoms with Gasteiger partial charge >= 0.3 is 12.0 Å². The van der Waals surface area contributed by atoms with Crippen molar-refractivity contribution in [2.24, 2.45) is 0 Å². The zero-order chi connectivity index (χ0) is 14.5. The Hall–Kier alpha value is -1.82. The van der Waals surface area contributed by atoms with Crippen LogP contribution in [0, 0.1) is 0 Å². The lowest BCUT2D eigenvalue weighted by Crippen LogP contribution is -2.54. The SMILES string of the molecule is CCC(C)(NC(=O)NCc1ccncc1Cl)C(=O)O. The van der Waals surface area contributed by atoms with Crippen molar-refractivity contribution < 1.29 is 14.7 Å². The van der Waals surface area contributed by atoms with Crippen molar-refractivity contribution in [3.05, 3.63) is 29.0 Å². The highest BCUT2D eigenvalue weighted by Gasteiger charge is 2.32. The van der Waals surface area contributed by atoms with Crippen LogP contribution in [0.25, 0.3) is 0 Å². The number of nitrogens with zero attached hydrogens (tertiary/aromatic N) is 1. The number of nitrogens with one attached hydrogen (secondary N) is 2. The van der Waals surface area contributed by atoms with E-state index in [1.807, 2.05) is 0 Å². The quantitative estimate of drug-likeness (QED) is 0.769. The first kappa shape index (κ1) is 15.2. The molecule has 0 aromatic carbocycles. The van der Waals surface area contributed by atoms with E-state index in [2.05, 4.69) is 15.6 Å². The van der Waals surface area contributed by atoms with Crippen LogP contribution < -0.4 is 10.6 Å². The Labute approximate surface area is 116 Å². The maximum atomic E-state index is 11.7. The number of pyridine rings is 1. The molecule has 1 aromatic heterocycles. The zero-order valence-corrected chi connectivity index (χ0v) is 11.5. The van der Waals surface area contributed by atoms with Gasteiger partial charge < -0.3 is 15.7 Å². The standard InChI is InChI=1S/C12H16ClN3O3/c1-3-12(2,10(17)18)16-11(19)15-6-8-4-5-14-7-9(8)13/h4-5,7H,3,6H2,1-2H3,(H,17,18)(H2,15,16,19). The lowest BCUT2D eigenvalue weighted by atomic mass is 10.00. The van der Waals surface area contributed by atoms with Gasteiger partial charge in [-0.25, -0.2) is 9.59 Å². The highest BCUT2D eigenvalue weighted by atomic mass is 35.5. The van der Waals surface area contributed by atoms with Crippen LogP contribution in [0.3, 0.4) is 0 Å². The fourth-order valence-electron chi connectivity index (χ4n) is 1.31. The summed E-state index contributed by atoms with van der Waals surface area (Å²) in [5, 5.41) is 14.5. The number of carboxylic acid groups (broad SMARTS) is 1. The molecule has 1 rings (SSSR count). The summed E-state index contributed by atoms with van der Waals surface area (Å²) in [6.07, 6.45) is 3.32. The van der Waals surface area contributed by atoms with E-state index < -0.39 is 17.5 Å². The molecule has 1 aromatic rings. The van der Waals surface area contributed by atoms with E-state index in [4.69, 9.17) is 16.7 Å². The normalized spacial score (nSPS) is 13.4. The predicted molar refractivity (Wildman–Crippen MR) is 71.0 cm³/mol. The molecule has 1 heterocycles. The summed E-state index contributed by atoms with van der Waals surface area (Å²) >= 11 is 5.89. The van der Waals surface area contributed by atoms with Gasteiger partial charge in [-0.2, -0.15) is 0 Å². The van der Waals surface area contributed by atoms with Crippen molar-refractivity contribution >= 4 is 23.6 Å². The van der Waals surface area contributed by atoms with Gasteiger partial charge in [-0.3, -0.25) is 4.98 Å². The highest BCUT2D eigenvalue weighted by molar-refractivity contribution is 6.31. The number of aromatic nitrogens is 1. The van der Waals surface area contributed by atoms with Gasteiger partial charge in [0.15, 0.2) is 0 Å². The van der Waals surface area contributed by atoms with Crippen LogP contribution in [0.4, 0.5) is 4.79 Å². The molecule has 0 aliphatic heterocycles. The fraction of sp³-hybridized carbons (Fsp3) is 0.417. The topological polar surface area (TPSA) is 91.3 Å². The first-order valence-corrected chi connectivity index (χ1v) is 6.14. The van der Waals surface area contributed by atoms with E-state index in [1.54, 1.807) is 19.2 Å². The Morgan fingerprint density at radius 3 is 2.74 bits per heavy atom. The number of hydrogen-bond donors (Lipinski definition) is 3. The van der Waals surface area contributed by atoms with E-state index in [9.17, 15) is 9.59 Å². The Kier molecular flexibility index (Phi) is 5.11. The smallest absolute Gasteiger partial charge is 0.329 e. The van der Waals surface area contributed by atoms with Crippen LogP contribution >= 0.6 is 11.6 Å². The van der Waals surface area contributed by atoms with Crippen molar-refractivity contribution in [3.8, 4) is 0 Å². The first-order valence-electron chi connectivity index (χ1n) is 5.77. The summed E-state index contributed by atoms with van der Waals surface area (Å²) in [6.45, 7) is 3.34. The number of halogens is 1. The van der Waals surface area contributed by atoms with Crippen molar-refractivity contribution in [2.45, 2.75) is 32.4 Å². The average Bonchev–Trinajstić information content (AvgIpc) is 2.37. The number of carbonyl (C=O) groups excluding carboxylic acids is 1. The molecule has 7 heteroatoms. The summed E-state index contributed by atoms with van der Waals surface area (Å²) in [5.41, 5.74) is -0.577. The van der Waals surface area contributed by atoms with Gasteiger partial charge in [-0.15, -0.1) is 0 Å². The van der Waals surface area contributed by atoms with Gasteiger partial charge in [-0.1, -0.05) is 18.5 Å². The first-order chi connectivity index (χ1) is 8.89. The average molecular weight is 286 g/mol. The van der Waals surface area contributed by atoms with Crippen LogP contribution in [0.5, 0.6) is 0 Å². The zero-order valence-electron chi connectivity index (χ0n) is 10.7. The summed E-state index contributed by atoms with van der Waals surface area (Å²) in [7, 11) is 0. The molecule has 1 atom stereocenters. The monoisotopic (exact) mass is 285 g/mol. The predicted octanol–water partition coefficient (Wildman–Crippen LogP) is 1.79. The number of amides is 2. The lowest BCUT2D eigenvalue weighted by Gasteiger charge is -2.24. The number of hydrogen-bond acceptors (Lipinski definition) is 3. The van der Waals surface area contributed by atoms with Crippen molar-refractivity contribution in [1.82, 2.24) is 15.6 Å². The van der Waals surface area contributed by atoms with E-state index >= 15 is 0 Å². The van der Waals surface area contributed by atoms with Gasteiger partial charge in [-0.05, 0) is 25.0 Å². The molecule has 0 bridgehead atoms. The number of urea groups is 1. The van der Waals surface area contributed by atoms with E-state index in [-0.39, 0.29) is 13.0 Å². The molecule has 19 heavy (non-hydrogen) atoms. The molecule has 0 saturated heterocycles. The molecule has 1 unspecified atom stereocenters. The van der Waals surface area contributed by atoms with Crippen LogP contribution in [-0.2, 0) is 11.3 Å². The Bertz CT molecular complexity index is 481. The summed E-state index contributed by atoms with van der Waals surface area (Å²) in [6, 6.07) is 1.12.